The number of nitrogens with one attached hydrogen (secondary N) is 2. The third-order valence-electron chi connectivity index (χ3n) is 4.97. The maximum absolute atomic E-state index is 12.2. The third kappa shape index (κ3) is 4.02. The van der Waals surface area contributed by atoms with E-state index < -0.39 is 0 Å². The SMILES string of the molecule is O=C(CCC1CCNCC1)Nc1nc(-c2ccc3c(c2)CCO3)cs1. The van der Waals surface area contributed by atoms with Gasteiger partial charge in [-0.05, 0) is 62.0 Å². The van der Waals surface area contributed by atoms with Crippen LogP contribution in [0.5, 0.6) is 5.75 Å². The Morgan fingerprint density at radius 1 is 1.36 bits per heavy atom. The van der Waals surface area contributed by atoms with Gasteiger partial charge in [0.1, 0.15) is 5.75 Å². The molecule has 2 N–H and O–H groups in total. The number of anilines is 1. The molecule has 0 atom stereocenters. The molecule has 0 radical (unpaired) electrons. The minimum Gasteiger partial charge on any atom is -0.493 e. The van der Waals surface area contributed by atoms with Crippen molar-refractivity contribution in [2.75, 3.05) is 25.0 Å². The number of carbonyl (C=O) groups is 1. The first-order chi connectivity index (χ1) is 12.3. The van der Waals surface area contributed by atoms with Crippen LogP contribution >= 0.6 is 11.3 Å². The normalized spacial score (nSPS) is 17.1. The maximum atomic E-state index is 12.2. The molecular weight excluding hydrogens is 334 g/mol. The van der Waals surface area contributed by atoms with Crippen molar-refractivity contribution >= 4 is 22.4 Å². The van der Waals surface area contributed by atoms with Gasteiger partial charge in [0.15, 0.2) is 5.13 Å². The molecule has 2 aliphatic heterocycles. The number of hydrogen-bond donors (Lipinski definition) is 2. The van der Waals surface area contributed by atoms with Crippen LogP contribution in [0, 0.1) is 5.92 Å². The number of benzene rings is 1. The Balaban J connectivity index is 1.34. The summed E-state index contributed by atoms with van der Waals surface area (Å²) in [6.07, 6.45) is 4.85. The van der Waals surface area contributed by atoms with E-state index in [9.17, 15) is 4.79 Å². The summed E-state index contributed by atoms with van der Waals surface area (Å²) in [5.41, 5.74) is 3.22. The fourth-order valence-corrected chi connectivity index (χ4v) is 4.23. The van der Waals surface area contributed by atoms with Gasteiger partial charge in [0.2, 0.25) is 5.91 Å². The van der Waals surface area contributed by atoms with Crippen LogP contribution < -0.4 is 15.4 Å². The number of thiazole rings is 1. The first-order valence-corrected chi connectivity index (χ1v) is 9.88. The highest BCUT2D eigenvalue weighted by Crippen LogP contribution is 2.32. The highest BCUT2D eigenvalue weighted by atomic mass is 32.1. The fourth-order valence-electron chi connectivity index (χ4n) is 3.50. The Bertz CT molecular complexity index is 753. The van der Waals surface area contributed by atoms with E-state index in [0.717, 1.165) is 49.5 Å². The van der Waals surface area contributed by atoms with Crippen molar-refractivity contribution in [3.05, 3.63) is 29.1 Å². The van der Waals surface area contributed by atoms with Crippen LogP contribution in [0.15, 0.2) is 23.6 Å². The molecule has 0 aliphatic carbocycles. The van der Waals surface area contributed by atoms with E-state index in [2.05, 4.69) is 21.7 Å². The standard InChI is InChI=1S/C19H23N3O2S/c23-18(4-1-13-5-8-20-9-6-13)22-19-21-16(12-25-19)14-2-3-17-15(11-14)7-10-24-17/h2-3,11-13,20H,1,4-10H2,(H,21,22,23). The van der Waals surface area contributed by atoms with Gasteiger partial charge in [0.25, 0.3) is 0 Å². The lowest BCUT2D eigenvalue weighted by atomic mass is 9.93. The fraction of sp³-hybridized carbons (Fsp3) is 0.474. The zero-order valence-corrected chi connectivity index (χ0v) is 15.0. The Morgan fingerprint density at radius 3 is 3.12 bits per heavy atom. The van der Waals surface area contributed by atoms with Gasteiger partial charge in [0, 0.05) is 23.8 Å². The van der Waals surface area contributed by atoms with Crippen molar-refractivity contribution in [2.45, 2.75) is 32.1 Å². The lowest BCUT2D eigenvalue weighted by Crippen LogP contribution is -2.28. The molecule has 1 amide bonds. The van der Waals surface area contributed by atoms with Crippen LogP contribution in [0.25, 0.3) is 11.3 Å². The van der Waals surface area contributed by atoms with E-state index in [1.54, 1.807) is 0 Å². The molecule has 1 saturated heterocycles. The number of carbonyl (C=O) groups excluding carboxylic acids is 1. The summed E-state index contributed by atoms with van der Waals surface area (Å²) in [6, 6.07) is 6.18. The molecule has 3 heterocycles. The molecule has 2 aliphatic rings. The molecule has 1 aromatic carbocycles. The molecule has 132 valence electrons. The topological polar surface area (TPSA) is 63.2 Å². The van der Waals surface area contributed by atoms with Gasteiger partial charge in [0.05, 0.1) is 12.3 Å². The molecule has 0 unspecified atom stereocenters. The van der Waals surface area contributed by atoms with Gasteiger partial charge in [-0.15, -0.1) is 11.3 Å². The molecule has 1 aromatic heterocycles. The van der Waals surface area contributed by atoms with Gasteiger partial charge < -0.3 is 15.4 Å². The number of rotatable bonds is 5. The van der Waals surface area contributed by atoms with E-state index in [4.69, 9.17) is 4.74 Å². The summed E-state index contributed by atoms with van der Waals surface area (Å²) in [5.74, 6) is 1.72. The van der Waals surface area contributed by atoms with Crippen molar-refractivity contribution in [1.82, 2.24) is 10.3 Å². The molecule has 2 aromatic rings. The zero-order chi connectivity index (χ0) is 17.1. The summed E-state index contributed by atoms with van der Waals surface area (Å²) < 4.78 is 5.55. The maximum Gasteiger partial charge on any atom is 0.226 e. The lowest BCUT2D eigenvalue weighted by molar-refractivity contribution is -0.116. The molecule has 25 heavy (non-hydrogen) atoms. The van der Waals surface area contributed by atoms with E-state index >= 15 is 0 Å². The molecule has 5 nitrogen and oxygen atoms in total. The number of nitrogens with zero attached hydrogens (tertiary/aromatic N) is 1. The van der Waals surface area contributed by atoms with E-state index in [-0.39, 0.29) is 5.91 Å². The highest BCUT2D eigenvalue weighted by Gasteiger charge is 2.16. The Kier molecular flexibility index (Phi) is 4.99. The van der Waals surface area contributed by atoms with Gasteiger partial charge in [-0.25, -0.2) is 4.98 Å². The summed E-state index contributed by atoms with van der Waals surface area (Å²) >= 11 is 1.48. The largest absolute Gasteiger partial charge is 0.493 e. The number of aromatic nitrogens is 1. The average molecular weight is 357 g/mol. The quantitative estimate of drug-likeness (QED) is 0.860. The van der Waals surface area contributed by atoms with Crippen LogP contribution in [-0.2, 0) is 11.2 Å². The number of hydrogen-bond acceptors (Lipinski definition) is 5. The van der Waals surface area contributed by atoms with Crippen LogP contribution in [0.1, 0.15) is 31.2 Å². The summed E-state index contributed by atoms with van der Waals surface area (Å²) in [6.45, 7) is 2.91. The Morgan fingerprint density at radius 2 is 2.24 bits per heavy atom. The summed E-state index contributed by atoms with van der Waals surface area (Å²) in [4.78, 5) is 16.8. The predicted octanol–water partition coefficient (Wildman–Crippen LogP) is 3.46. The molecule has 4 rings (SSSR count). The number of fused-ring (bicyclic) bond motifs is 1. The first kappa shape index (κ1) is 16.5. The molecule has 0 spiro atoms. The van der Waals surface area contributed by atoms with E-state index in [1.807, 2.05) is 17.5 Å². The monoisotopic (exact) mass is 357 g/mol. The second-order valence-corrected chi connectivity index (χ2v) is 7.60. The highest BCUT2D eigenvalue weighted by molar-refractivity contribution is 7.14. The number of piperidine rings is 1. The molecule has 1 fully saturated rings. The summed E-state index contributed by atoms with van der Waals surface area (Å²) in [7, 11) is 0. The average Bonchev–Trinajstić information content (AvgIpc) is 3.29. The van der Waals surface area contributed by atoms with Crippen LogP contribution in [-0.4, -0.2) is 30.6 Å². The van der Waals surface area contributed by atoms with Crippen LogP contribution in [0.2, 0.25) is 0 Å². The zero-order valence-electron chi connectivity index (χ0n) is 14.2. The minimum absolute atomic E-state index is 0.0711. The molecule has 6 heteroatoms. The van der Waals surface area contributed by atoms with Crippen molar-refractivity contribution in [1.29, 1.82) is 0 Å². The third-order valence-corrected chi connectivity index (χ3v) is 5.73. The molecular formula is C19H23N3O2S. The Hall–Kier alpha value is -1.92. The van der Waals surface area contributed by atoms with Crippen molar-refractivity contribution in [3.63, 3.8) is 0 Å². The lowest BCUT2D eigenvalue weighted by Gasteiger charge is -2.21. The van der Waals surface area contributed by atoms with Crippen molar-refractivity contribution in [2.24, 2.45) is 5.92 Å². The van der Waals surface area contributed by atoms with E-state index in [0.29, 0.717) is 17.5 Å². The van der Waals surface area contributed by atoms with Gasteiger partial charge >= 0.3 is 0 Å². The molecule has 0 saturated carbocycles. The smallest absolute Gasteiger partial charge is 0.226 e. The van der Waals surface area contributed by atoms with Gasteiger partial charge in [-0.1, -0.05) is 0 Å². The van der Waals surface area contributed by atoms with Crippen molar-refractivity contribution < 1.29 is 9.53 Å². The number of ether oxygens (including phenoxy) is 1. The Labute approximate surface area is 151 Å². The van der Waals surface area contributed by atoms with Gasteiger partial charge in [-0.2, -0.15) is 0 Å². The minimum atomic E-state index is 0.0711. The first-order valence-electron chi connectivity index (χ1n) is 9.00. The molecule has 0 bridgehead atoms. The van der Waals surface area contributed by atoms with Crippen molar-refractivity contribution in [3.8, 4) is 17.0 Å². The van der Waals surface area contributed by atoms with E-state index in [1.165, 1.54) is 29.7 Å². The van der Waals surface area contributed by atoms with Gasteiger partial charge in [-0.3, -0.25) is 4.79 Å². The van der Waals surface area contributed by atoms with Crippen LogP contribution in [0.4, 0.5) is 5.13 Å². The second-order valence-electron chi connectivity index (χ2n) is 6.74. The van der Waals surface area contributed by atoms with Crippen LogP contribution in [0.3, 0.4) is 0 Å². The summed E-state index contributed by atoms with van der Waals surface area (Å²) in [5, 5.41) is 8.99. The number of amides is 1. The second kappa shape index (κ2) is 7.54. The predicted molar refractivity (Wildman–Crippen MR) is 100 cm³/mol.